The summed E-state index contributed by atoms with van der Waals surface area (Å²) in [6.45, 7) is 3.95. The van der Waals surface area contributed by atoms with Gasteiger partial charge in [-0.05, 0) is 38.1 Å². The zero-order valence-electron chi connectivity index (χ0n) is 13.7. The maximum absolute atomic E-state index is 10.6. The molecule has 1 aromatic carbocycles. The number of nitrogens with zero attached hydrogens (tertiary/aromatic N) is 2. The quantitative estimate of drug-likeness (QED) is 0.620. The summed E-state index contributed by atoms with van der Waals surface area (Å²) in [5.74, 6) is 1.43. The minimum Gasteiger partial charge on any atom is -0.491 e. The average Bonchev–Trinajstić information content (AvgIpc) is 3.22. The first-order valence-corrected chi connectivity index (χ1v) is 8.64. The molecule has 0 aliphatic rings. The molecule has 25 heavy (non-hydrogen) atoms. The van der Waals surface area contributed by atoms with E-state index in [4.69, 9.17) is 14.3 Å². The second kappa shape index (κ2) is 7.43. The number of aliphatic carboxylic acids is 1. The monoisotopic (exact) mass is 359 g/mol. The van der Waals surface area contributed by atoms with E-state index in [0.29, 0.717) is 22.5 Å². The highest BCUT2D eigenvalue weighted by Crippen LogP contribution is 2.29. The van der Waals surface area contributed by atoms with Crippen LogP contribution in [0.4, 0.5) is 0 Å². The average molecular weight is 359 g/mol. The molecule has 0 saturated carbocycles. The van der Waals surface area contributed by atoms with Crippen molar-refractivity contribution in [1.29, 1.82) is 0 Å². The van der Waals surface area contributed by atoms with E-state index in [9.17, 15) is 4.79 Å². The third-order valence-corrected chi connectivity index (χ3v) is 3.95. The Balaban J connectivity index is 1.77. The third-order valence-electron chi connectivity index (χ3n) is 3.12. The highest BCUT2D eigenvalue weighted by Gasteiger charge is 2.13. The van der Waals surface area contributed by atoms with Crippen molar-refractivity contribution >= 4 is 17.7 Å². The maximum Gasteiger partial charge on any atom is 0.313 e. The summed E-state index contributed by atoms with van der Waals surface area (Å²) >= 11 is 1.04. The molecular formula is C17H17N3O4S. The van der Waals surface area contributed by atoms with Gasteiger partial charge in [0.2, 0.25) is 5.16 Å². The van der Waals surface area contributed by atoms with Gasteiger partial charge in [-0.15, -0.1) is 5.10 Å². The molecule has 2 heterocycles. The molecule has 0 bridgehead atoms. The number of nitrogens with one attached hydrogen (secondary N) is 1. The molecule has 0 aliphatic carbocycles. The highest BCUT2D eigenvalue weighted by atomic mass is 32.2. The second-order valence-electron chi connectivity index (χ2n) is 5.51. The Morgan fingerprint density at radius 1 is 1.32 bits per heavy atom. The van der Waals surface area contributed by atoms with Crippen LogP contribution in [0.2, 0.25) is 0 Å². The lowest BCUT2D eigenvalue weighted by Gasteiger charge is -2.10. The summed E-state index contributed by atoms with van der Waals surface area (Å²) in [5.41, 5.74) is 0.893. The van der Waals surface area contributed by atoms with Crippen LogP contribution in [0.5, 0.6) is 5.75 Å². The first-order chi connectivity index (χ1) is 12.0. The van der Waals surface area contributed by atoms with Crippen molar-refractivity contribution in [1.82, 2.24) is 15.2 Å². The third kappa shape index (κ3) is 4.42. The molecule has 7 nitrogen and oxygen atoms in total. The molecule has 130 valence electrons. The standard InChI is InChI=1S/C17H17N3O4S/c1-10(2)23-12-5-3-4-11(8-12)13-6-7-14(24-13)16-18-17(20-19-16)25-9-15(21)22/h3-8,10H,9H2,1-2H3,(H,21,22)(H,18,19,20). The molecule has 0 spiro atoms. The lowest BCUT2D eigenvalue weighted by molar-refractivity contribution is -0.133. The number of H-pyrrole nitrogens is 1. The van der Waals surface area contributed by atoms with E-state index >= 15 is 0 Å². The van der Waals surface area contributed by atoms with Crippen molar-refractivity contribution in [2.45, 2.75) is 25.1 Å². The van der Waals surface area contributed by atoms with E-state index in [0.717, 1.165) is 23.1 Å². The fraction of sp³-hybridized carbons (Fsp3) is 0.235. The summed E-state index contributed by atoms with van der Waals surface area (Å²) in [5, 5.41) is 15.8. The molecule has 0 fully saturated rings. The number of benzene rings is 1. The van der Waals surface area contributed by atoms with Gasteiger partial charge in [-0.25, -0.2) is 0 Å². The molecule has 0 radical (unpaired) electrons. The van der Waals surface area contributed by atoms with Gasteiger partial charge in [0.05, 0.1) is 11.9 Å². The predicted molar refractivity (Wildman–Crippen MR) is 93.6 cm³/mol. The van der Waals surface area contributed by atoms with Crippen LogP contribution in [-0.4, -0.2) is 38.1 Å². The van der Waals surface area contributed by atoms with Crippen molar-refractivity contribution in [3.63, 3.8) is 0 Å². The topological polar surface area (TPSA) is 101 Å². The van der Waals surface area contributed by atoms with Gasteiger partial charge in [0.1, 0.15) is 11.5 Å². The lowest BCUT2D eigenvalue weighted by Crippen LogP contribution is -2.05. The summed E-state index contributed by atoms with van der Waals surface area (Å²) in [6, 6.07) is 11.3. The Labute approximate surface area is 148 Å². The molecule has 0 unspecified atom stereocenters. The minimum absolute atomic E-state index is 0.0939. The van der Waals surface area contributed by atoms with E-state index in [1.54, 1.807) is 6.07 Å². The largest absolute Gasteiger partial charge is 0.491 e. The summed E-state index contributed by atoms with van der Waals surface area (Å²) in [6.07, 6.45) is 0.0957. The van der Waals surface area contributed by atoms with Gasteiger partial charge in [-0.2, -0.15) is 4.98 Å². The molecule has 0 aliphatic heterocycles. The van der Waals surface area contributed by atoms with Crippen LogP contribution in [0.1, 0.15) is 13.8 Å². The summed E-state index contributed by atoms with van der Waals surface area (Å²) < 4.78 is 11.5. The highest BCUT2D eigenvalue weighted by molar-refractivity contribution is 7.99. The minimum atomic E-state index is -0.917. The first kappa shape index (κ1) is 17.1. The molecule has 0 atom stereocenters. The zero-order valence-corrected chi connectivity index (χ0v) is 14.5. The van der Waals surface area contributed by atoms with Gasteiger partial charge in [0.15, 0.2) is 11.6 Å². The molecule has 0 saturated heterocycles. The van der Waals surface area contributed by atoms with Gasteiger partial charge >= 0.3 is 5.97 Å². The van der Waals surface area contributed by atoms with Gasteiger partial charge in [-0.3, -0.25) is 9.89 Å². The summed E-state index contributed by atoms with van der Waals surface area (Å²) in [7, 11) is 0. The number of carbonyl (C=O) groups is 1. The summed E-state index contributed by atoms with van der Waals surface area (Å²) in [4.78, 5) is 14.8. The number of aromatic amines is 1. The van der Waals surface area contributed by atoms with E-state index in [2.05, 4.69) is 15.2 Å². The normalized spacial score (nSPS) is 11.0. The van der Waals surface area contributed by atoms with Crippen LogP contribution in [0.25, 0.3) is 22.9 Å². The molecule has 2 aromatic heterocycles. The number of ether oxygens (including phenoxy) is 1. The van der Waals surface area contributed by atoms with Crippen LogP contribution in [0.3, 0.4) is 0 Å². The smallest absolute Gasteiger partial charge is 0.313 e. The molecule has 8 heteroatoms. The van der Waals surface area contributed by atoms with E-state index < -0.39 is 5.97 Å². The molecule has 0 amide bonds. The Morgan fingerprint density at radius 3 is 2.88 bits per heavy atom. The van der Waals surface area contributed by atoms with E-state index in [1.165, 1.54) is 0 Å². The van der Waals surface area contributed by atoms with E-state index in [1.807, 2.05) is 44.2 Å². The Kier molecular flexibility index (Phi) is 5.08. The number of carboxylic acids is 1. The van der Waals surface area contributed by atoms with Crippen molar-refractivity contribution in [3.8, 4) is 28.7 Å². The Morgan fingerprint density at radius 2 is 2.12 bits per heavy atom. The molecule has 3 aromatic rings. The maximum atomic E-state index is 10.6. The fourth-order valence-corrected chi connectivity index (χ4v) is 2.68. The molecular weight excluding hydrogens is 342 g/mol. The SMILES string of the molecule is CC(C)Oc1cccc(-c2ccc(-c3nc(SCC(=O)O)n[nH]3)o2)c1. The predicted octanol–water partition coefficient (Wildman–Crippen LogP) is 3.70. The van der Waals surface area contributed by atoms with Crippen LogP contribution in [-0.2, 0) is 4.79 Å². The number of hydrogen-bond donors (Lipinski definition) is 2. The van der Waals surface area contributed by atoms with Crippen LogP contribution in [0.15, 0.2) is 46.0 Å². The van der Waals surface area contributed by atoms with Crippen LogP contribution in [0, 0.1) is 0 Å². The van der Waals surface area contributed by atoms with Gasteiger partial charge in [0.25, 0.3) is 0 Å². The van der Waals surface area contributed by atoms with Crippen molar-refractivity contribution in [2.75, 3.05) is 5.75 Å². The second-order valence-corrected chi connectivity index (χ2v) is 6.45. The Bertz CT molecular complexity index is 872. The number of thioether (sulfide) groups is 1. The number of aromatic nitrogens is 3. The van der Waals surface area contributed by atoms with Crippen molar-refractivity contribution in [3.05, 3.63) is 36.4 Å². The number of hydrogen-bond acceptors (Lipinski definition) is 6. The van der Waals surface area contributed by atoms with Crippen LogP contribution >= 0.6 is 11.8 Å². The van der Waals surface area contributed by atoms with Gasteiger partial charge in [-0.1, -0.05) is 23.9 Å². The zero-order chi connectivity index (χ0) is 17.8. The van der Waals surface area contributed by atoms with Gasteiger partial charge in [0, 0.05) is 5.56 Å². The first-order valence-electron chi connectivity index (χ1n) is 7.65. The van der Waals surface area contributed by atoms with E-state index in [-0.39, 0.29) is 11.9 Å². The fourth-order valence-electron chi connectivity index (χ4n) is 2.16. The molecule has 3 rings (SSSR count). The van der Waals surface area contributed by atoms with Crippen molar-refractivity contribution < 1.29 is 19.1 Å². The lowest BCUT2D eigenvalue weighted by atomic mass is 10.1. The number of carboxylic acid groups (broad SMARTS) is 1. The number of furan rings is 1. The number of rotatable bonds is 7. The van der Waals surface area contributed by atoms with Crippen LogP contribution < -0.4 is 4.74 Å². The Hall–Kier alpha value is -2.74. The van der Waals surface area contributed by atoms with Crippen molar-refractivity contribution in [2.24, 2.45) is 0 Å². The molecule has 2 N–H and O–H groups in total. The van der Waals surface area contributed by atoms with Gasteiger partial charge < -0.3 is 14.3 Å².